The molecular weight excluding hydrogens is 258 g/mol. The zero-order valence-electron chi connectivity index (χ0n) is 11.7. The molecule has 2 aliphatic rings. The maximum absolute atomic E-state index is 14.0. The average molecular weight is 280 g/mol. The Balaban J connectivity index is 1.88. The summed E-state index contributed by atoms with van der Waals surface area (Å²) in [5.74, 6) is -0.0187. The van der Waals surface area contributed by atoms with Gasteiger partial charge in [0.2, 0.25) is 0 Å². The number of hydrogen-bond donors (Lipinski definition) is 1. The van der Waals surface area contributed by atoms with Crippen LogP contribution in [0, 0.1) is 17.6 Å². The second kappa shape index (κ2) is 5.78. The van der Waals surface area contributed by atoms with Gasteiger partial charge in [-0.05, 0) is 49.9 Å². The van der Waals surface area contributed by atoms with Crippen molar-refractivity contribution < 1.29 is 8.78 Å². The molecule has 3 unspecified atom stereocenters. The van der Waals surface area contributed by atoms with E-state index >= 15 is 0 Å². The molecule has 2 nitrogen and oxygen atoms in total. The first-order chi connectivity index (χ1) is 9.70. The van der Waals surface area contributed by atoms with Crippen molar-refractivity contribution in [1.29, 1.82) is 0 Å². The first-order valence-corrected chi connectivity index (χ1v) is 7.61. The molecule has 2 fully saturated rings. The molecule has 3 rings (SSSR count). The number of fused-ring (bicyclic) bond motifs is 1. The predicted molar refractivity (Wildman–Crippen MR) is 75.2 cm³/mol. The molecule has 110 valence electrons. The number of benzene rings is 1. The topological polar surface area (TPSA) is 29.3 Å². The average Bonchev–Trinajstić information content (AvgIpc) is 2.88. The maximum atomic E-state index is 14.0. The van der Waals surface area contributed by atoms with E-state index in [9.17, 15) is 8.78 Å². The molecule has 1 aliphatic carbocycles. The summed E-state index contributed by atoms with van der Waals surface area (Å²) in [6.07, 6.45) is 6.14. The summed E-state index contributed by atoms with van der Waals surface area (Å²) in [7, 11) is 0. The Kier molecular flexibility index (Phi) is 4.03. The van der Waals surface area contributed by atoms with Crippen LogP contribution in [0.5, 0.6) is 0 Å². The highest BCUT2D eigenvalue weighted by atomic mass is 19.1. The summed E-state index contributed by atoms with van der Waals surface area (Å²) in [5.41, 5.74) is 6.31. The van der Waals surface area contributed by atoms with Crippen LogP contribution in [0.25, 0.3) is 0 Å². The lowest BCUT2D eigenvalue weighted by atomic mass is 9.84. The summed E-state index contributed by atoms with van der Waals surface area (Å²) >= 11 is 0. The molecule has 0 amide bonds. The lowest BCUT2D eigenvalue weighted by Crippen LogP contribution is -2.40. The Morgan fingerprint density at radius 3 is 2.80 bits per heavy atom. The van der Waals surface area contributed by atoms with Crippen molar-refractivity contribution in [3.8, 4) is 0 Å². The molecule has 1 aromatic carbocycles. The number of hydrogen-bond acceptors (Lipinski definition) is 2. The van der Waals surface area contributed by atoms with Crippen molar-refractivity contribution in [2.24, 2.45) is 11.7 Å². The smallest absolute Gasteiger partial charge is 0.128 e. The van der Waals surface area contributed by atoms with Crippen LogP contribution in [0.2, 0.25) is 0 Å². The van der Waals surface area contributed by atoms with E-state index in [-0.39, 0.29) is 17.7 Å². The molecule has 1 heterocycles. The number of halogens is 2. The molecule has 1 saturated heterocycles. The summed E-state index contributed by atoms with van der Waals surface area (Å²) in [5, 5.41) is 0. The number of rotatable bonds is 3. The van der Waals surface area contributed by atoms with E-state index in [2.05, 4.69) is 4.90 Å². The quantitative estimate of drug-likeness (QED) is 0.921. The third-order valence-electron chi connectivity index (χ3n) is 4.99. The van der Waals surface area contributed by atoms with Gasteiger partial charge in [0.25, 0.3) is 0 Å². The highest BCUT2D eigenvalue weighted by molar-refractivity contribution is 5.23. The van der Waals surface area contributed by atoms with Crippen LogP contribution in [0.1, 0.15) is 43.7 Å². The highest BCUT2D eigenvalue weighted by Crippen LogP contribution is 2.40. The Morgan fingerprint density at radius 1 is 1.20 bits per heavy atom. The minimum Gasteiger partial charge on any atom is -0.329 e. The SMILES string of the molecule is NCC(c1cc(F)ccc1F)N1CCC2CCCCC21. The van der Waals surface area contributed by atoms with E-state index < -0.39 is 0 Å². The van der Waals surface area contributed by atoms with E-state index in [1.807, 2.05) is 0 Å². The van der Waals surface area contributed by atoms with Gasteiger partial charge in [-0.25, -0.2) is 8.78 Å². The van der Waals surface area contributed by atoms with Gasteiger partial charge in [-0.1, -0.05) is 12.8 Å². The lowest BCUT2D eigenvalue weighted by Gasteiger charge is -2.37. The van der Waals surface area contributed by atoms with Gasteiger partial charge < -0.3 is 5.73 Å². The van der Waals surface area contributed by atoms with Gasteiger partial charge in [0.05, 0.1) is 6.04 Å². The maximum Gasteiger partial charge on any atom is 0.128 e. The molecule has 0 aromatic heterocycles. The normalized spacial score (nSPS) is 28.4. The van der Waals surface area contributed by atoms with Gasteiger partial charge in [0.15, 0.2) is 0 Å². The second-order valence-corrected chi connectivity index (χ2v) is 6.06. The van der Waals surface area contributed by atoms with Crippen LogP contribution in [-0.4, -0.2) is 24.0 Å². The van der Waals surface area contributed by atoms with E-state index in [0.29, 0.717) is 18.2 Å². The molecule has 0 spiro atoms. The van der Waals surface area contributed by atoms with Crippen LogP contribution >= 0.6 is 0 Å². The van der Waals surface area contributed by atoms with Crippen molar-refractivity contribution in [2.45, 2.75) is 44.2 Å². The molecule has 0 radical (unpaired) electrons. The lowest BCUT2D eigenvalue weighted by molar-refractivity contribution is 0.133. The van der Waals surface area contributed by atoms with Crippen LogP contribution in [-0.2, 0) is 0 Å². The fraction of sp³-hybridized carbons (Fsp3) is 0.625. The molecule has 1 aliphatic heterocycles. The monoisotopic (exact) mass is 280 g/mol. The minimum atomic E-state index is -0.390. The molecule has 0 bridgehead atoms. The third kappa shape index (κ3) is 2.47. The van der Waals surface area contributed by atoms with Gasteiger partial charge >= 0.3 is 0 Å². The number of nitrogens with zero attached hydrogens (tertiary/aromatic N) is 1. The third-order valence-corrected chi connectivity index (χ3v) is 4.99. The van der Waals surface area contributed by atoms with Gasteiger partial charge in [-0.15, -0.1) is 0 Å². The summed E-state index contributed by atoms with van der Waals surface area (Å²) in [6.45, 7) is 1.29. The Labute approximate surface area is 118 Å². The van der Waals surface area contributed by atoms with Crippen molar-refractivity contribution in [3.05, 3.63) is 35.4 Å². The van der Waals surface area contributed by atoms with Crippen molar-refractivity contribution in [1.82, 2.24) is 4.90 Å². The molecule has 20 heavy (non-hydrogen) atoms. The summed E-state index contributed by atoms with van der Waals surface area (Å²) in [6, 6.07) is 3.99. The van der Waals surface area contributed by atoms with E-state index in [1.54, 1.807) is 0 Å². The van der Waals surface area contributed by atoms with Crippen LogP contribution < -0.4 is 5.73 Å². The van der Waals surface area contributed by atoms with E-state index in [1.165, 1.54) is 37.5 Å². The minimum absolute atomic E-state index is 0.196. The zero-order valence-corrected chi connectivity index (χ0v) is 11.7. The van der Waals surface area contributed by atoms with Crippen molar-refractivity contribution in [3.63, 3.8) is 0 Å². The van der Waals surface area contributed by atoms with Crippen LogP contribution in [0.3, 0.4) is 0 Å². The molecule has 1 aromatic rings. The molecule has 3 atom stereocenters. The largest absolute Gasteiger partial charge is 0.329 e. The molecule has 4 heteroatoms. The molecule has 1 saturated carbocycles. The van der Waals surface area contributed by atoms with Gasteiger partial charge in [-0.2, -0.15) is 0 Å². The van der Waals surface area contributed by atoms with Gasteiger partial charge in [0.1, 0.15) is 11.6 Å². The van der Waals surface area contributed by atoms with Crippen molar-refractivity contribution in [2.75, 3.05) is 13.1 Å². The zero-order chi connectivity index (χ0) is 14.1. The van der Waals surface area contributed by atoms with E-state index in [0.717, 1.165) is 25.3 Å². The Hall–Kier alpha value is -1.00. The first kappa shape index (κ1) is 14.0. The van der Waals surface area contributed by atoms with E-state index in [4.69, 9.17) is 5.73 Å². The standard InChI is InChI=1S/C16H22F2N2/c17-12-5-6-14(18)13(9-12)16(10-19)20-8-7-11-3-1-2-4-15(11)20/h5-6,9,11,15-16H,1-4,7-8,10,19H2. The van der Waals surface area contributed by atoms with Crippen LogP contribution in [0.4, 0.5) is 8.78 Å². The van der Waals surface area contributed by atoms with Crippen LogP contribution in [0.15, 0.2) is 18.2 Å². The summed E-state index contributed by atoms with van der Waals surface area (Å²) in [4.78, 5) is 2.32. The van der Waals surface area contributed by atoms with Gasteiger partial charge in [0, 0.05) is 18.2 Å². The Bertz CT molecular complexity index is 478. The first-order valence-electron chi connectivity index (χ1n) is 7.61. The molecule has 2 N–H and O–H groups in total. The summed E-state index contributed by atoms with van der Waals surface area (Å²) < 4.78 is 27.5. The molecular formula is C16H22F2N2. The highest BCUT2D eigenvalue weighted by Gasteiger charge is 2.39. The fourth-order valence-electron chi connectivity index (χ4n) is 4.04. The van der Waals surface area contributed by atoms with Crippen molar-refractivity contribution >= 4 is 0 Å². The van der Waals surface area contributed by atoms with Gasteiger partial charge in [-0.3, -0.25) is 4.90 Å². The Morgan fingerprint density at radius 2 is 2.00 bits per heavy atom. The number of nitrogens with two attached hydrogens (primary N) is 1. The fourth-order valence-corrected chi connectivity index (χ4v) is 4.04. The second-order valence-electron chi connectivity index (χ2n) is 6.06. The number of likely N-dealkylation sites (tertiary alicyclic amines) is 1. The predicted octanol–water partition coefficient (Wildman–Crippen LogP) is 3.23.